The Morgan fingerprint density at radius 3 is 2.81 bits per heavy atom. The second kappa shape index (κ2) is 6.51. The van der Waals surface area contributed by atoms with Gasteiger partial charge >= 0.3 is 0 Å². The van der Waals surface area contributed by atoms with Crippen molar-refractivity contribution >= 4 is 15.7 Å². The summed E-state index contributed by atoms with van der Waals surface area (Å²) in [6.45, 7) is 0.0598. The van der Waals surface area contributed by atoms with Gasteiger partial charge in [-0.1, -0.05) is 6.07 Å². The molecule has 112 valence electrons. The summed E-state index contributed by atoms with van der Waals surface area (Å²) in [5.41, 5.74) is 6.13. The summed E-state index contributed by atoms with van der Waals surface area (Å²) in [6.07, 6.45) is 1.21. The predicted octanol–water partition coefficient (Wildman–Crippen LogP) is 1.16. The van der Waals surface area contributed by atoms with Crippen molar-refractivity contribution in [2.24, 2.45) is 0 Å². The van der Waals surface area contributed by atoms with Crippen molar-refractivity contribution in [3.63, 3.8) is 0 Å². The van der Waals surface area contributed by atoms with Crippen LogP contribution in [0.1, 0.15) is 0 Å². The van der Waals surface area contributed by atoms with Crippen LogP contribution < -0.4 is 15.2 Å². The van der Waals surface area contributed by atoms with Gasteiger partial charge in [0.05, 0.1) is 0 Å². The SMILES string of the molecule is Nc1cccc(OCCNS(=O)(=O)c2ncccc2F)c1. The monoisotopic (exact) mass is 311 g/mol. The number of sulfonamides is 1. The summed E-state index contributed by atoms with van der Waals surface area (Å²) in [5, 5.41) is -0.631. The lowest BCUT2D eigenvalue weighted by atomic mass is 10.3. The first-order valence-electron chi connectivity index (χ1n) is 6.07. The lowest BCUT2D eigenvalue weighted by Crippen LogP contribution is -2.29. The van der Waals surface area contributed by atoms with E-state index >= 15 is 0 Å². The molecule has 0 aliphatic rings. The quantitative estimate of drug-likeness (QED) is 0.616. The molecule has 21 heavy (non-hydrogen) atoms. The van der Waals surface area contributed by atoms with Gasteiger partial charge < -0.3 is 10.5 Å². The molecule has 0 spiro atoms. The molecule has 8 heteroatoms. The summed E-state index contributed by atoms with van der Waals surface area (Å²) in [4.78, 5) is 3.52. The molecule has 3 N–H and O–H groups in total. The van der Waals surface area contributed by atoms with E-state index in [4.69, 9.17) is 10.5 Å². The van der Waals surface area contributed by atoms with Crippen LogP contribution in [0.25, 0.3) is 0 Å². The Hall–Kier alpha value is -2.19. The number of hydrogen-bond acceptors (Lipinski definition) is 5. The fourth-order valence-electron chi connectivity index (χ4n) is 1.59. The van der Waals surface area contributed by atoms with Crippen LogP contribution in [0.2, 0.25) is 0 Å². The van der Waals surface area contributed by atoms with Crippen LogP contribution in [0.5, 0.6) is 5.75 Å². The molecule has 0 amide bonds. The number of nitrogens with two attached hydrogens (primary N) is 1. The number of nitrogen functional groups attached to an aromatic ring is 1. The van der Waals surface area contributed by atoms with E-state index in [0.717, 1.165) is 6.07 Å². The number of nitrogens with one attached hydrogen (secondary N) is 1. The Kier molecular flexibility index (Phi) is 4.71. The van der Waals surface area contributed by atoms with Gasteiger partial charge in [-0.05, 0) is 24.3 Å². The number of benzene rings is 1. The molecule has 0 saturated heterocycles. The topological polar surface area (TPSA) is 94.3 Å². The van der Waals surface area contributed by atoms with E-state index < -0.39 is 20.9 Å². The Morgan fingerprint density at radius 1 is 1.29 bits per heavy atom. The fourth-order valence-corrected chi connectivity index (χ4v) is 2.60. The van der Waals surface area contributed by atoms with E-state index in [2.05, 4.69) is 9.71 Å². The number of anilines is 1. The summed E-state index contributed by atoms with van der Waals surface area (Å²) < 4.78 is 44.6. The highest BCUT2D eigenvalue weighted by Gasteiger charge is 2.19. The maximum atomic E-state index is 13.4. The third-order valence-electron chi connectivity index (χ3n) is 2.50. The predicted molar refractivity (Wildman–Crippen MR) is 75.7 cm³/mol. The van der Waals surface area contributed by atoms with Crippen molar-refractivity contribution in [2.45, 2.75) is 5.03 Å². The molecule has 1 aromatic carbocycles. The van der Waals surface area contributed by atoms with Crippen LogP contribution in [0, 0.1) is 5.82 Å². The van der Waals surface area contributed by atoms with Gasteiger partial charge in [0.2, 0.25) is 5.03 Å². The minimum Gasteiger partial charge on any atom is -0.492 e. The van der Waals surface area contributed by atoms with Crippen LogP contribution in [0.15, 0.2) is 47.6 Å². The first kappa shape index (κ1) is 15.2. The molecular formula is C13H14FN3O3S. The third kappa shape index (κ3) is 4.14. The van der Waals surface area contributed by atoms with E-state index in [-0.39, 0.29) is 13.2 Å². The zero-order valence-corrected chi connectivity index (χ0v) is 11.8. The number of halogens is 1. The molecule has 0 fully saturated rings. The molecule has 1 heterocycles. The van der Waals surface area contributed by atoms with Crippen molar-refractivity contribution in [3.05, 3.63) is 48.4 Å². The molecule has 0 radical (unpaired) electrons. The van der Waals surface area contributed by atoms with Crippen LogP contribution in [-0.4, -0.2) is 26.6 Å². The number of aromatic nitrogens is 1. The van der Waals surface area contributed by atoms with E-state index in [9.17, 15) is 12.8 Å². The molecule has 0 bridgehead atoms. The fraction of sp³-hybridized carbons (Fsp3) is 0.154. The first-order valence-corrected chi connectivity index (χ1v) is 7.56. The van der Waals surface area contributed by atoms with Crippen molar-refractivity contribution in [1.29, 1.82) is 0 Å². The number of hydrogen-bond donors (Lipinski definition) is 2. The molecule has 0 saturated carbocycles. The van der Waals surface area contributed by atoms with Gasteiger partial charge in [0.1, 0.15) is 12.4 Å². The highest BCUT2D eigenvalue weighted by molar-refractivity contribution is 7.89. The lowest BCUT2D eigenvalue weighted by Gasteiger charge is -2.08. The lowest BCUT2D eigenvalue weighted by molar-refractivity contribution is 0.323. The van der Waals surface area contributed by atoms with E-state index in [1.54, 1.807) is 24.3 Å². The number of ether oxygens (including phenoxy) is 1. The minimum atomic E-state index is -3.99. The summed E-state index contributed by atoms with van der Waals surface area (Å²) in [5.74, 6) is -0.375. The van der Waals surface area contributed by atoms with Gasteiger partial charge in [-0.25, -0.2) is 22.5 Å². The molecule has 0 unspecified atom stereocenters. The van der Waals surface area contributed by atoms with Gasteiger partial charge in [-0.2, -0.15) is 0 Å². The van der Waals surface area contributed by atoms with E-state index in [1.807, 2.05) is 0 Å². The smallest absolute Gasteiger partial charge is 0.261 e. The molecule has 0 atom stereocenters. The van der Waals surface area contributed by atoms with Crippen LogP contribution in [-0.2, 0) is 10.0 Å². The Balaban J connectivity index is 1.90. The largest absolute Gasteiger partial charge is 0.492 e. The highest BCUT2D eigenvalue weighted by Crippen LogP contribution is 2.14. The molecule has 0 aliphatic heterocycles. The third-order valence-corrected chi connectivity index (χ3v) is 3.89. The van der Waals surface area contributed by atoms with Crippen molar-refractivity contribution < 1.29 is 17.5 Å². The maximum Gasteiger partial charge on any atom is 0.261 e. The zero-order valence-electron chi connectivity index (χ0n) is 11.0. The summed E-state index contributed by atoms with van der Waals surface area (Å²) in [6, 6.07) is 9.09. The van der Waals surface area contributed by atoms with Crippen LogP contribution in [0.4, 0.5) is 10.1 Å². The number of nitrogens with zero attached hydrogens (tertiary/aromatic N) is 1. The maximum absolute atomic E-state index is 13.4. The zero-order chi connectivity index (χ0) is 15.3. The molecule has 1 aromatic heterocycles. The number of pyridine rings is 1. The Morgan fingerprint density at radius 2 is 2.10 bits per heavy atom. The van der Waals surface area contributed by atoms with Gasteiger partial charge in [0.25, 0.3) is 10.0 Å². The van der Waals surface area contributed by atoms with Crippen molar-refractivity contribution in [3.8, 4) is 5.75 Å². The standard InChI is InChI=1S/C13H14FN3O3S/c14-12-5-2-6-16-13(12)21(18,19)17-7-8-20-11-4-1-3-10(15)9-11/h1-6,9,17H,7-8,15H2. The average Bonchev–Trinajstić information content (AvgIpc) is 2.44. The number of rotatable bonds is 6. The van der Waals surface area contributed by atoms with Crippen molar-refractivity contribution in [2.75, 3.05) is 18.9 Å². The Labute approximate surface area is 121 Å². The van der Waals surface area contributed by atoms with Crippen molar-refractivity contribution in [1.82, 2.24) is 9.71 Å². The molecule has 0 aliphatic carbocycles. The van der Waals surface area contributed by atoms with Gasteiger partial charge in [0.15, 0.2) is 5.82 Å². The highest BCUT2D eigenvalue weighted by atomic mass is 32.2. The van der Waals surface area contributed by atoms with E-state index in [0.29, 0.717) is 11.4 Å². The van der Waals surface area contributed by atoms with Crippen LogP contribution >= 0.6 is 0 Å². The van der Waals surface area contributed by atoms with Gasteiger partial charge in [-0.3, -0.25) is 0 Å². The summed E-state index contributed by atoms with van der Waals surface area (Å²) in [7, 11) is -3.99. The molecule has 6 nitrogen and oxygen atoms in total. The Bertz CT molecular complexity index is 722. The molecule has 2 rings (SSSR count). The van der Waals surface area contributed by atoms with Crippen LogP contribution in [0.3, 0.4) is 0 Å². The van der Waals surface area contributed by atoms with Gasteiger partial charge in [-0.15, -0.1) is 0 Å². The second-order valence-corrected chi connectivity index (χ2v) is 5.79. The molecular weight excluding hydrogens is 297 g/mol. The van der Waals surface area contributed by atoms with Gasteiger partial charge in [0, 0.05) is 24.5 Å². The second-order valence-electron chi connectivity index (χ2n) is 4.11. The first-order chi connectivity index (χ1) is 9.99. The summed E-state index contributed by atoms with van der Waals surface area (Å²) >= 11 is 0. The molecule has 2 aromatic rings. The normalized spacial score (nSPS) is 11.3. The minimum absolute atomic E-state index is 0.0207. The average molecular weight is 311 g/mol. The van der Waals surface area contributed by atoms with E-state index in [1.165, 1.54) is 12.3 Å².